The summed E-state index contributed by atoms with van der Waals surface area (Å²) < 4.78 is 29.2. The van der Waals surface area contributed by atoms with Crippen LogP contribution in [0.2, 0.25) is 0 Å². The topological polar surface area (TPSA) is 71.3 Å². The van der Waals surface area contributed by atoms with Crippen LogP contribution < -0.4 is 0 Å². The number of imidazole rings is 1. The molecule has 1 aliphatic heterocycles. The summed E-state index contributed by atoms with van der Waals surface area (Å²) in [6, 6.07) is 6.01. The maximum Gasteiger partial charge on any atom is 0.281 e. The second-order valence-corrected chi connectivity index (χ2v) is 8.44. The number of hydrogen-bond donors (Lipinski definition) is 0. The maximum absolute atomic E-state index is 12.2. The Bertz CT molecular complexity index is 807. The second kappa shape index (κ2) is 6.62. The summed E-state index contributed by atoms with van der Waals surface area (Å²) in [5.74, 6) is 0.284. The Balaban J connectivity index is 1.75. The SMILES string of the molecule is CN(C)S(=O)(=O)N1CCC(c2cccc(-c3cncn3C)n2)CC1. The molecular formula is C16H23N5O2S. The monoisotopic (exact) mass is 349 g/mol. The molecule has 0 atom stereocenters. The maximum atomic E-state index is 12.2. The Morgan fingerprint density at radius 1 is 1.21 bits per heavy atom. The summed E-state index contributed by atoms with van der Waals surface area (Å²) in [4.78, 5) is 8.92. The molecule has 2 aromatic rings. The van der Waals surface area contributed by atoms with Crippen LogP contribution in [-0.4, -0.2) is 58.7 Å². The molecule has 0 unspecified atom stereocenters. The van der Waals surface area contributed by atoms with E-state index in [-0.39, 0.29) is 5.92 Å². The van der Waals surface area contributed by atoms with Crippen molar-refractivity contribution >= 4 is 10.2 Å². The Hall–Kier alpha value is -1.77. The normalized spacial score (nSPS) is 17.5. The predicted octanol–water partition coefficient (Wildman–Crippen LogP) is 1.47. The minimum atomic E-state index is -3.32. The molecule has 2 aromatic heterocycles. The van der Waals surface area contributed by atoms with Crippen molar-refractivity contribution in [3.05, 3.63) is 36.4 Å². The number of pyridine rings is 1. The molecule has 7 nitrogen and oxygen atoms in total. The first kappa shape index (κ1) is 17.1. The first-order chi connectivity index (χ1) is 11.4. The van der Waals surface area contributed by atoms with E-state index in [2.05, 4.69) is 4.98 Å². The van der Waals surface area contributed by atoms with Crippen molar-refractivity contribution in [2.24, 2.45) is 7.05 Å². The lowest BCUT2D eigenvalue weighted by Gasteiger charge is -2.32. The summed E-state index contributed by atoms with van der Waals surface area (Å²) >= 11 is 0. The van der Waals surface area contributed by atoms with Crippen LogP contribution in [0.1, 0.15) is 24.5 Å². The fourth-order valence-electron chi connectivity index (χ4n) is 3.04. The van der Waals surface area contributed by atoms with Gasteiger partial charge in [0.25, 0.3) is 10.2 Å². The van der Waals surface area contributed by atoms with Crippen LogP contribution in [0.5, 0.6) is 0 Å². The quantitative estimate of drug-likeness (QED) is 0.838. The van der Waals surface area contributed by atoms with E-state index in [0.29, 0.717) is 13.1 Å². The van der Waals surface area contributed by atoms with Gasteiger partial charge in [-0.15, -0.1) is 0 Å². The lowest BCUT2D eigenvalue weighted by molar-refractivity contribution is 0.300. The van der Waals surface area contributed by atoms with Crippen LogP contribution in [0, 0.1) is 0 Å². The van der Waals surface area contributed by atoms with E-state index in [4.69, 9.17) is 4.98 Å². The summed E-state index contributed by atoms with van der Waals surface area (Å²) in [7, 11) is 1.77. The van der Waals surface area contributed by atoms with E-state index in [9.17, 15) is 8.42 Å². The van der Waals surface area contributed by atoms with Crippen LogP contribution in [0.3, 0.4) is 0 Å². The molecule has 3 rings (SSSR count). The van der Waals surface area contributed by atoms with Crippen LogP contribution in [0.25, 0.3) is 11.4 Å². The zero-order valence-electron chi connectivity index (χ0n) is 14.3. The minimum absolute atomic E-state index is 0.284. The first-order valence-electron chi connectivity index (χ1n) is 8.01. The molecule has 0 N–H and O–H groups in total. The van der Waals surface area contributed by atoms with Gasteiger partial charge < -0.3 is 4.57 Å². The molecule has 0 amide bonds. The molecule has 0 saturated carbocycles. The number of hydrogen-bond acceptors (Lipinski definition) is 4. The van der Waals surface area contributed by atoms with E-state index in [1.165, 1.54) is 4.31 Å². The van der Waals surface area contributed by atoms with Gasteiger partial charge in [-0.25, -0.2) is 4.98 Å². The van der Waals surface area contributed by atoms with Crippen molar-refractivity contribution in [3.63, 3.8) is 0 Å². The Kier molecular flexibility index (Phi) is 4.71. The highest BCUT2D eigenvalue weighted by atomic mass is 32.2. The molecule has 0 aromatic carbocycles. The highest BCUT2D eigenvalue weighted by Gasteiger charge is 2.30. The van der Waals surface area contributed by atoms with Crippen LogP contribution in [0.4, 0.5) is 0 Å². The fourth-order valence-corrected chi connectivity index (χ4v) is 4.17. The summed E-state index contributed by atoms with van der Waals surface area (Å²) in [6.07, 6.45) is 5.14. The largest absolute Gasteiger partial charge is 0.332 e. The summed E-state index contributed by atoms with van der Waals surface area (Å²) in [5.41, 5.74) is 2.90. The molecule has 3 heterocycles. The number of nitrogens with zero attached hydrogens (tertiary/aromatic N) is 5. The highest BCUT2D eigenvalue weighted by molar-refractivity contribution is 7.86. The lowest BCUT2D eigenvalue weighted by Crippen LogP contribution is -2.44. The van der Waals surface area contributed by atoms with E-state index < -0.39 is 10.2 Å². The molecule has 0 radical (unpaired) electrons. The van der Waals surface area contributed by atoms with Crippen molar-refractivity contribution in [3.8, 4) is 11.4 Å². The van der Waals surface area contributed by atoms with E-state index in [0.717, 1.165) is 29.9 Å². The molecule has 8 heteroatoms. The average molecular weight is 349 g/mol. The smallest absolute Gasteiger partial charge is 0.281 e. The van der Waals surface area contributed by atoms with Crippen molar-refractivity contribution in [2.45, 2.75) is 18.8 Å². The predicted molar refractivity (Wildman–Crippen MR) is 92.6 cm³/mol. The number of rotatable bonds is 4. The van der Waals surface area contributed by atoms with E-state index in [1.54, 1.807) is 30.9 Å². The van der Waals surface area contributed by atoms with Crippen LogP contribution in [-0.2, 0) is 17.3 Å². The zero-order chi connectivity index (χ0) is 17.3. The van der Waals surface area contributed by atoms with Gasteiger partial charge in [-0.05, 0) is 25.0 Å². The van der Waals surface area contributed by atoms with Gasteiger partial charge in [-0.3, -0.25) is 4.98 Å². The van der Waals surface area contributed by atoms with Crippen LogP contribution in [0.15, 0.2) is 30.7 Å². The third kappa shape index (κ3) is 3.22. The molecule has 1 fully saturated rings. The molecule has 1 aliphatic rings. The van der Waals surface area contributed by atoms with Crippen molar-refractivity contribution in [1.82, 2.24) is 23.1 Å². The highest BCUT2D eigenvalue weighted by Crippen LogP contribution is 2.29. The molecular weight excluding hydrogens is 326 g/mol. The van der Waals surface area contributed by atoms with Gasteiger partial charge >= 0.3 is 0 Å². The van der Waals surface area contributed by atoms with Crippen LogP contribution >= 0.6 is 0 Å². The Morgan fingerprint density at radius 2 is 1.92 bits per heavy atom. The van der Waals surface area contributed by atoms with Crippen molar-refractivity contribution in [2.75, 3.05) is 27.2 Å². The second-order valence-electron chi connectivity index (χ2n) is 6.30. The first-order valence-corrected chi connectivity index (χ1v) is 9.40. The van der Waals surface area contributed by atoms with Gasteiger partial charge in [0.15, 0.2) is 0 Å². The van der Waals surface area contributed by atoms with Gasteiger partial charge in [0, 0.05) is 45.8 Å². The molecule has 1 saturated heterocycles. The molecule has 0 spiro atoms. The molecule has 0 aliphatic carbocycles. The Labute approximate surface area is 143 Å². The molecule has 130 valence electrons. The van der Waals surface area contributed by atoms with Gasteiger partial charge in [-0.1, -0.05) is 6.07 Å². The molecule has 24 heavy (non-hydrogen) atoms. The summed E-state index contributed by atoms with van der Waals surface area (Å²) in [6.45, 7) is 1.06. The van der Waals surface area contributed by atoms with Crippen molar-refractivity contribution in [1.29, 1.82) is 0 Å². The number of aryl methyl sites for hydroxylation is 1. The molecule has 0 bridgehead atoms. The van der Waals surface area contributed by atoms with Gasteiger partial charge in [0.1, 0.15) is 0 Å². The van der Waals surface area contributed by atoms with Gasteiger partial charge in [0.05, 0.1) is 23.9 Å². The zero-order valence-corrected chi connectivity index (χ0v) is 15.1. The number of aromatic nitrogens is 3. The average Bonchev–Trinajstić information content (AvgIpc) is 3.01. The fraction of sp³-hybridized carbons (Fsp3) is 0.500. The standard InChI is InChI=1S/C16H23N5O2S/c1-19(2)24(22,23)21-9-7-13(8-10-21)14-5-4-6-15(18-14)16-11-17-12-20(16)3/h4-6,11-13H,7-10H2,1-3H3. The third-order valence-electron chi connectivity index (χ3n) is 4.51. The minimum Gasteiger partial charge on any atom is -0.332 e. The van der Waals surface area contributed by atoms with E-state index >= 15 is 0 Å². The lowest BCUT2D eigenvalue weighted by atomic mass is 9.94. The van der Waals surface area contributed by atoms with Gasteiger partial charge in [-0.2, -0.15) is 17.0 Å². The number of piperidine rings is 1. The summed E-state index contributed by atoms with van der Waals surface area (Å²) in [5, 5.41) is 0. The van der Waals surface area contributed by atoms with E-state index in [1.807, 2.05) is 29.8 Å². The Morgan fingerprint density at radius 3 is 2.50 bits per heavy atom. The van der Waals surface area contributed by atoms with Gasteiger partial charge in [0.2, 0.25) is 0 Å². The van der Waals surface area contributed by atoms with Crippen molar-refractivity contribution < 1.29 is 8.42 Å². The third-order valence-corrected chi connectivity index (χ3v) is 6.45.